The SMILES string of the molecule is C[C@]1(CO)OC[C@H](CO)O1. The fourth-order valence-corrected chi connectivity index (χ4v) is 0.863. The highest BCUT2D eigenvalue weighted by Gasteiger charge is 2.35. The highest BCUT2D eigenvalue weighted by molar-refractivity contribution is 4.72. The van der Waals surface area contributed by atoms with Gasteiger partial charge in [0.05, 0.1) is 19.8 Å². The molecular formula is C6H12O4. The molecule has 0 spiro atoms. The lowest BCUT2D eigenvalue weighted by Crippen LogP contribution is -2.31. The van der Waals surface area contributed by atoms with E-state index in [0.717, 1.165) is 0 Å². The van der Waals surface area contributed by atoms with E-state index in [4.69, 9.17) is 19.7 Å². The van der Waals surface area contributed by atoms with Crippen molar-refractivity contribution >= 4 is 0 Å². The highest BCUT2D eigenvalue weighted by Crippen LogP contribution is 2.21. The van der Waals surface area contributed by atoms with E-state index < -0.39 is 5.79 Å². The lowest BCUT2D eigenvalue weighted by molar-refractivity contribution is -0.181. The standard InChI is InChI=1S/C6H12O4/c1-6(4-8)9-3-5(2-7)10-6/h5,7-8H,2-4H2,1H3/t5-,6-/m0/s1. The Morgan fingerprint density at radius 3 is 2.60 bits per heavy atom. The zero-order chi connectivity index (χ0) is 7.61. The summed E-state index contributed by atoms with van der Waals surface area (Å²) < 4.78 is 10.2. The molecule has 2 atom stereocenters. The Kier molecular flexibility index (Phi) is 2.25. The van der Waals surface area contributed by atoms with Gasteiger partial charge in [-0.2, -0.15) is 0 Å². The van der Waals surface area contributed by atoms with Gasteiger partial charge in [0.15, 0.2) is 5.79 Å². The predicted molar refractivity (Wildman–Crippen MR) is 33.4 cm³/mol. The Balaban J connectivity index is 2.41. The van der Waals surface area contributed by atoms with Crippen LogP contribution in [0.5, 0.6) is 0 Å². The number of hydrogen-bond donors (Lipinski definition) is 2. The molecule has 1 aliphatic rings. The molecule has 60 valence electrons. The monoisotopic (exact) mass is 148 g/mol. The summed E-state index contributed by atoms with van der Waals surface area (Å²) in [6.07, 6.45) is -0.280. The fraction of sp³-hybridized carbons (Fsp3) is 1.00. The molecule has 1 aliphatic heterocycles. The molecule has 0 aromatic carbocycles. The van der Waals surface area contributed by atoms with Crippen LogP contribution in [0.3, 0.4) is 0 Å². The van der Waals surface area contributed by atoms with E-state index in [1.165, 1.54) is 0 Å². The largest absolute Gasteiger partial charge is 0.394 e. The van der Waals surface area contributed by atoms with Crippen LogP contribution in [-0.2, 0) is 9.47 Å². The minimum absolute atomic E-state index is 0.0599. The lowest BCUT2D eigenvalue weighted by atomic mass is 10.3. The molecule has 0 aliphatic carbocycles. The first-order valence-electron chi connectivity index (χ1n) is 3.24. The molecule has 1 fully saturated rings. The van der Waals surface area contributed by atoms with Crippen molar-refractivity contribution in [3.63, 3.8) is 0 Å². The third kappa shape index (κ3) is 1.46. The van der Waals surface area contributed by atoms with Crippen LogP contribution in [-0.4, -0.2) is 41.9 Å². The van der Waals surface area contributed by atoms with Crippen molar-refractivity contribution in [2.75, 3.05) is 19.8 Å². The number of hydrogen-bond acceptors (Lipinski definition) is 4. The van der Waals surface area contributed by atoms with Crippen molar-refractivity contribution in [3.05, 3.63) is 0 Å². The molecule has 0 amide bonds. The van der Waals surface area contributed by atoms with Crippen LogP contribution in [0.15, 0.2) is 0 Å². The molecule has 0 aromatic heterocycles. The number of ether oxygens (including phenoxy) is 2. The first-order valence-corrected chi connectivity index (χ1v) is 3.24. The number of aliphatic hydroxyl groups is 2. The molecule has 1 rings (SSSR count). The van der Waals surface area contributed by atoms with Gasteiger partial charge in [0, 0.05) is 0 Å². The molecule has 1 heterocycles. The Morgan fingerprint density at radius 2 is 2.30 bits per heavy atom. The molecule has 4 nitrogen and oxygen atoms in total. The van der Waals surface area contributed by atoms with E-state index in [1.54, 1.807) is 6.92 Å². The first-order chi connectivity index (χ1) is 4.70. The Hall–Kier alpha value is -0.160. The molecule has 10 heavy (non-hydrogen) atoms. The van der Waals surface area contributed by atoms with Crippen LogP contribution < -0.4 is 0 Å². The molecular weight excluding hydrogens is 136 g/mol. The minimum atomic E-state index is -0.895. The summed E-state index contributed by atoms with van der Waals surface area (Å²) in [5.41, 5.74) is 0. The second kappa shape index (κ2) is 2.84. The smallest absolute Gasteiger partial charge is 0.189 e. The molecule has 0 bridgehead atoms. The average molecular weight is 148 g/mol. The third-order valence-electron chi connectivity index (χ3n) is 1.48. The maximum atomic E-state index is 8.71. The van der Waals surface area contributed by atoms with Crippen LogP contribution in [0.25, 0.3) is 0 Å². The van der Waals surface area contributed by atoms with Crippen LogP contribution >= 0.6 is 0 Å². The normalized spacial score (nSPS) is 40.5. The zero-order valence-electron chi connectivity index (χ0n) is 5.91. The van der Waals surface area contributed by atoms with Crippen molar-refractivity contribution in [1.29, 1.82) is 0 Å². The fourth-order valence-electron chi connectivity index (χ4n) is 0.863. The Bertz CT molecular complexity index is 116. The van der Waals surface area contributed by atoms with Gasteiger partial charge in [-0.05, 0) is 6.92 Å². The van der Waals surface area contributed by atoms with Gasteiger partial charge in [-0.3, -0.25) is 0 Å². The van der Waals surface area contributed by atoms with Gasteiger partial charge in [0.2, 0.25) is 0 Å². The van der Waals surface area contributed by atoms with E-state index in [1.807, 2.05) is 0 Å². The zero-order valence-corrected chi connectivity index (χ0v) is 5.91. The highest BCUT2D eigenvalue weighted by atomic mass is 16.8. The van der Waals surface area contributed by atoms with E-state index in [2.05, 4.69) is 0 Å². The van der Waals surface area contributed by atoms with Crippen LogP contribution in [0, 0.1) is 0 Å². The van der Waals surface area contributed by atoms with Crippen LogP contribution in [0.1, 0.15) is 6.92 Å². The Labute approximate surface area is 59.4 Å². The van der Waals surface area contributed by atoms with E-state index in [0.29, 0.717) is 6.61 Å². The van der Waals surface area contributed by atoms with Gasteiger partial charge in [-0.15, -0.1) is 0 Å². The van der Waals surface area contributed by atoms with Crippen molar-refractivity contribution < 1.29 is 19.7 Å². The van der Waals surface area contributed by atoms with Crippen molar-refractivity contribution in [3.8, 4) is 0 Å². The molecule has 0 radical (unpaired) electrons. The maximum Gasteiger partial charge on any atom is 0.189 e. The molecule has 0 unspecified atom stereocenters. The molecule has 1 saturated heterocycles. The van der Waals surface area contributed by atoms with Crippen LogP contribution in [0.2, 0.25) is 0 Å². The summed E-state index contributed by atoms with van der Waals surface area (Å²) in [6.45, 7) is 1.76. The van der Waals surface area contributed by atoms with E-state index in [9.17, 15) is 0 Å². The second-order valence-electron chi connectivity index (χ2n) is 2.53. The average Bonchev–Trinajstić information content (AvgIpc) is 2.33. The molecule has 2 N–H and O–H groups in total. The number of aliphatic hydroxyl groups excluding tert-OH is 2. The van der Waals surface area contributed by atoms with Gasteiger partial charge < -0.3 is 19.7 Å². The van der Waals surface area contributed by atoms with E-state index in [-0.39, 0.29) is 19.3 Å². The molecule has 4 heteroatoms. The molecule has 0 aromatic rings. The second-order valence-corrected chi connectivity index (χ2v) is 2.53. The summed E-state index contributed by atoms with van der Waals surface area (Å²) in [5, 5.41) is 17.3. The first kappa shape index (κ1) is 7.94. The van der Waals surface area contributed by atoms with Crippen molar-refractivity contribution in [2.45, 2.75) is 18.8 Å². The van der Waals surface area contributed by atoms with E-state index >= 15 is 0 Å². The third-order valence-corrected chi connectivity index (χ3v) is 1.48. The summed E-state index contributed by atoms with van der Waals surface area (Å²) in [5.74, 6) is -0.895. The summed E-state index contributed by atoms with van der Waals surface area (Å²) in [7, 11) is 0. The van der Waals surface area contributed by atoms with Crippen molar-refractivity contribution in [2.24, 2.45) is 0 Å². The van der Waals surface area contributed by atoms with Crippen LogP contribution in [0.4, 0.5) is 0 Å². The van der Waals surface area contributed by atoms with Gasteiger partial charge in [0.25, 0.3) is 0 Å². The minimum Gasteiger partial charge on any atom is -0.394 e. The van der Waals surface area contributed by atoms with Crippen molar-refractivity contribution in [1.82, 2.24) is 0 Å². The van der Waals surface area contributed by atoms with Gasteiger partial charge >= 0.3 is 0 Å². The quantitative estimate of drug-likeness (QED) is 0.533. The summed E-state index contributed by atoms with van der Waals surface area (Å²) >= 11 is 0. The lowest BCUT2D eigenvalue weighted by Gasteiger charge is -2.19. The summed E-state index contributed by atoms with van der Waals surface area (Å²) in [4.78, 5) is 0. The van der Waals surface area contributed by atoms with Gasteiger partial charge in [0.1, 0.15) is 6.10 Å². The van der Waals surface area contributed by atoms with Gasteiger partial charge in [-0.25, -0.2) is 0 Å². The van der Waals surface area contributed by atoms with Gasteiger partial charge in [-0.1, -0.05) is 0 Å². The maximum absolute atomic E-state index is 8.71. The Morgan fingerprint density at radius 1 is 1.60 bits per heavy atom. The molecule has 0 saturated carbocycles. The number of rotatable bonds is 2. The predicted octanol–water partition coefficient (Wildman–Crippen LogP) is -0.897. The topological polar surface area (TPSA) is 58.9 Å². The summed E-state index contributed by atoms with van der Waals surface area (Å²) in [6, 6.07) is 0.